The molecule has 0 amide bonds. The number of hydrogen-bond acceptors (Lipinski definition) is 6. The molecule has 1 atom stereocenters. The minimum atomic E-state index is -0.772. The number of allylic oxidation sites excluding steroid dienone is 6. The lowest BCUT2D eigenvalue weighted by molar-refractivity contribution is -0.167. The molecule has 0 aromatic heterocycles. The van der Waals surface area contributed by atoms with Crippen LogP contribution in [-0.4, -0.2) is 37.2 Å². The number of esters is 3. The van der Waals surface area contributed by atoms with E-state index in [0.717, 1.165) is 70.6 Å². The van der Waals surface area contributed by atoms with Crippen molar-refractivity contribution in [2.24, 2.45) is 0 Å². The van der Waals surface area contributed by atoms with Crippen molar-refractivity contribution in [3.8, 4) is 0 Å². The van der Waals surface area contributed by atoms with E-state index in [2.05, 4.69) is 57.2 Å². The van der Waals surface area contributed by atoms with Gasteiger partial charge < -0.3 is 14.2 Å². The SMILES string of the molecule is CCCC/C=C\CCCCCCCC(=O)OCC(COC(=O)CCCCCCCCCCCCCCCCCCCCCCC/C=C\C/C=C\CCCCCCC)OC(=O)CCCCCCCCCCCCCCCCCCCCCCC. The van der Waals surface area contributed by atoms with E-state index >= 15 is 0 Å². The first-order chi connectivity index (χ1) is 41.0. The van der Waals surface area contributed by atoms with Crippen molar-refractivity contribution in [3.63, 3.8) is 0 Å². The number of hydrogen-bond donors (Lipinski definition) is 0. The van der Waals surface area contributed by atoms with Crippen LogP contribution in [0.15, 0.2) is 36.5 Å². The van der Waals surface area contributed by atoms with Gasteiger partial charge in [0.05, 0.1) is 0 Å². The van der Waals surface area contributed by atoms with Gasteiger partial charge in [-0.3, -0.25) is 14.4 Å². The topological polar surface area (TPSA) is 78.9 Å². The third-order valence-electron chi connectivity index (χ3n) is 17.1. The van der Waals surface area contributed by atoms with Gasteiger partial charge in [0.15, 0.2) is 6.10 Å². The molecular weight excluding hydrogens is 1020 g/mol. The minimum Gasteiger partial charge on any atom is -0.462 e. The second-order valence-electron chi connectivity index (χ2n) is 25.6. The Morgan fingerprint density at radius 1 is 0.241 bits per heavy atom. The van der Waals surface area contributed by atoms with Gasteiger partial charge in [-0.2, -0.15) is 0 Å². The van der Waals surface area contributed by atoms with Crippen LogP contribution in [0, 0.1) is 0 Å². The van der Waals surface area contributed by atoms with E-state index in [0.29, 0.717) is 19.3 Å². The van der Waals surface area contributed by atoms with Gasteiger partial charge in [0, 0.05) is 19.3 Å². The molecule has 6 nitrogen and oxygen atoms in total. The summed E-state index contributed by atoms with van der Waals surface area (Å²) in [4.78, 5) is 38.4. The molecule has 0 aliphatic heterocycles. The van der Waals surface area contributed by atoms with Crippen LogP contribution in [0.5, 0.6) is 0 Å². The first-order valence-electron chi connectivity index (χ1n) is 37.5. The van der Waals surface area contributed by atoms with Gasteiger partial charge in [0.1, 0.15) is 13.2 Å². The second-order valence-corrected chi connectivity index (χ2v) is 25.6. The van der Waals surface area contributed by atoms with Gasteiger partial charge in [-0.25, -0.2) is 0 Å². The summed E-state index contributed by atoms with van der Waals surface area (Å²) in [6.45, 7) is 6.66. The maximum absolute atomic E-state index is 12.9. The van der Waals surface area contributed by atoms with Crippen molar-refractivity contribution in [2.75, 3.05) is 13.2 Å². The Hall–Kier alpha value is -2.37. The lowest BCUT2D eigenvalue weighted by atomic mass is 10.0. The van der Waals surface area contributed by atoms with Crippen LogP contribution in [0.3, 0.4) is 0 Å². The molecule has 0 saturated carbocycles. The van der Waals surface area contributed by atoms with Crippen molar-refractivity contribution in [1.82, 2.24) is 0 Å². The van der Waals surface area contributed by atoms with Crippen LogP contribution in [0.2, 0.25) is 0 Å². The lowest BCUT2D eigenvalue weighted by Gasteiger charge is -2.18. The van der Waals surface area contributed by atoms with Crippen LogP contribution < -0.4 is 0 Å². The molecule has 6 heteroatoms. The third-order valence-corrected chi connectivity index (χ3v) is 17.1. The Bertz CT molecular complexity index is 1380. The molecule has 1 unspecified atom stereocenters. The highest BCUT2D eigenvalue weighted by Crippen LogP contribution is 2.19. The fourth-order valence-electron chi connectivity index (χ4n) is 11.5. The second kappa shape index (κ2) is 72.1. The van der Waals surface area contributed by atoms with Gasteiger partial charge >= 0.3 is 17.9 Å². The maximum Gasteiger partial charge on any atom is 0.306 e. The summed E-state index contributed by atoms with van der Waals surface area (Å²) in [5, 5.41) is 0. The lowest BCUT2D eigenvalue weighted by Crippen LogP contribution is -2.30. The Kier molecular flexibility index (Phi) is 70.0. The van der Waals surface area contributed by atoms with Crippen LogP contribution in [0.4, 0.5) is 0 Å². The summed E-state index contributed by atoms with van der Waals surface area (Å²) < 4.78 is 17.0. The van der Waals surface area contributed by atoms with E-state index < -0.39 is 6.10 Å². The van der Waals surface area contributed by atoms with Crippen molar-refractivity contribution >= 4 is 17.9 Å². The van der Waals surface area contributed by atoms with E-state index in [1.54, 1.807) is 0 Å². The Balaban J connectivity index is 4.08. The number of unbranched alkanes of at least 4 members (excludes halogenated alkanes) is 53. The smallest absolute Gasteiger partial charge is 0.306 e. The fraction of sp³-hybridized carbons (Fsp3) is 0.883. The van der Waals surface area contributed by atoms with Crippen LogP contribution in [0.1, 0.15) is 419 Å². The van der Waals surface area contributed by atoms with Gasteiger partial charge in [-0.1, -0.05) is 365 Å². The van der Waals surface area contributed by atoms with Crippen molar-refractivity contribution in [2.45, 2.75) is 425 Å². The molecule has 0 aromatic carbocycles. The van der Waals surface area contributed by atoms with Crippen LogP contribution in [0.25, 0.3) is 0 Å². The summed E-state index contributed by atoms with van der Waals surface area (Å²) in [5.41, 5.74) is 0. The summed E-state index contributed by atoms with van der Waals surface area (Å²) >= 11 is 0. The minimum absolute atomic E-state index is 0.0682. The van der Waals surface area contributed by atoms with Gasteiger partial charge in [-0.05, 0) is 70.6 Å². The average Bonchev–Trinajstić information content (AvgIpc) is 3.48. The Morgan fingerprint density at radius 2 is 0.446 bits per heavy atom. The first-order valence-corrected chi connectivity index (χ1v) is 37.5. The summed E-state index contributed by atoms with van der Waals surface area (Å²) in [5.74, 6) is -0.847. The average molecular weight is 1170 g/mol. The van der Waals surface area contributed by atoms with E-state index in [-0.39, 0.29) is 31.1 Å². The summed E-state index contributed by atoms with van der Waals surface area (Å²) in [7, 11) is 0. The van der Waals surface area contributed by atoms with E-state index in [1.165, 1.54) is 308 Å². The molecule has 0 aliphatic rings. The van der Waals surface area contributed by atoms with Crippen molar-refractivity contribution in [1.29, 1.82) is 0 Å². The van der Waals surface area contributed by atoms with Gasteiger partial charge in [0.2, 0.25) is 0 Å². The predicted molar refractivity (Wildman–Crippen MR) is 362 cm³/mol. The van der Waals surface area contributed by atoms with Crippen LogP contribution in [-0.2, 0) is 28.6 Å². The molecule has 0 fully saturated rings. The predicted octanol–water partition coefficient (Wildman–Crippen LogP) is 25.9. The molecule has 0 bridgehead atoms. The van der Waals surface area contributed by atoms with Gasteiger partial charge in [0.25, 0.3) is 0 Å². The van der Waals surface area contributed by atoms with Gasteiger partial charge in [-0.15, -0.1) is 0 Å². The normalized spacial score (nSPS) is 12.2. The van der Waals surface area contributed by atoms with E-state index in [9.17, 15) is 14.4 Å². The number of carbonyl (C=O) groups is 3. The highest BCUT2D eigenvalue weighted by atomic mass is 16.6. The first kappa shape index (κ1) is 80.6. The summed E-state index contributed by atoms with van der Waals surface area (Å²) in [6, 6.07) is 0. The molecule has 0 N–H and O–H groups in total. The molecule has 0 rings (SSSR count). The van der Waals surface area contributed by atoms with E-state index in [4.69, 9.17) is 14.2 Å². The largest absolute Gasteiger partial charge is 0.462 e. The summed E-state index contributed by atoms with van der Waals surface area (Å²) in [6.07, 6.45) is 90.6. The molecule has 83 heavy (non-hydrogen) atoms. The number of rotatable bonds is 70. The zero-order valence-corrected chi connectivity index (χ0v) is 56.2. The maximum atomic E-state index is 12.9. The Morgan fingerprint density at radius 3 is 0.711 bits per heavy atom. The highest BCUT2D eigenvalue weighted by molar-refractivity contribution is 5.71. The van der Waals surface area contributed by atoms with Crippen molar-refractivity contribution < 1.29 is 28.6 Å². The molecule has 0 heterocycles. The van der Waals surface area contributed by atoms with Crippen LogP contribution >= 0.6 is 0 Å². The molecule has 0 aromatic rings. The number of carbonyl (C=O) groups excluding carboxylic acids is 3. The monoisotopic (exact) mass is 1170 g/mol. The van der Waals surface area contributed by atoms with Crippen molar-refractivity contribution in [3.05, 3.63) is 36.5 Å². The zero-order chi connectivity index (χ0) is 59.9. The quantitative estimate of drug-likeness (QED) is 0.0261. The molecule has 0 spiro atoms. The molecule has 0 saturated heterocycles. The van der Waals surface area contributed by atoms with E-state index in [1.807, 2.05) is 0 Å². The number of ether oxygens (including phenoxy) is 3. The Labute approximate surface area is 518 Å². The highest BCUT2D eigenvalue weighted by Gasteiger charge is 2.20. The zero-order valence-electron chi connectivity index (χ0n) is 56.2. The molecule has 0 radical (unpaired) electrons. The molecule has 488 valence electrons. The fourth-order valence-corrected chi connectivity index (χ4v) is 11.5. The standard InChI is InChI=1S/C77H144O6/c1-4-7-10-13-16-19-22-24-26-28-30-32-33-34-35-36-37-38-39-40-41-42-43-45-46-48-50-52-55-58-61-64-67-70-76(79)82-73-74(72-81-75(78)69-66-63-60-57-54-21-18-15-12-9-6-3)83-77(80)71-68-65-62-59-56-53-51-49-47-44-31-29-27-25-23-20-17-14-11-8-5-2/h15,18,22,24,28,30,74H,4-14,16-17,19-21,23,25-27,29,31-73H2,1-3H3/b18-15-,24-22-,30-28-. The molecular formula is C77H144O6. The molecule has 0 aliphatic carbocycles. The third kappa shape index (κ3) is 70.3.